The van der Waals surface area contributed by atoms with Gasteiger partial charge in [0.05, 0.1) is 0 Å². The van der Waals surface area contributed by atoms with Crippen LogP contribution in [0.15, 0.2) is 84.9 Å². The summed E-state index contributed by atoms with van der Waals surface area (Å²) in [6.07, 6.45) is -0.840. The van der Waals surface area contributed by atoms with Crippen molar-refractivity contribution in [1.82, 2.24) is 16.1 Å². The number of benzene rings is 3. The predicted molar refractivity (Wildman–Crippen MR) is 124 cm³/mol. The quantitative estimate of drug-likeness (QED) is 0.271. The van der Waals surface area contributed by atoms with E-state index < -0.39 is 29.9 Å². The molecule has 4 N–H and O–H groups in total. The minimum atomic E-state index is -1.22. The van der Waals surface area contributed by atoms with Crippen LogP contribution < -0.4 is 25.6 Å². The predicted octanol–water partition coefficient (Wildman–Crippen LogP) is 2.67. The molecule has 0 spiro atoms. The van der Waals surface area contributed by atoms with Crippen LogP contribution in [-0.2, 0) is 9.59 Å². The van der Waals surface area contributed by atoms with E-state index in [9.17, 15) is 14.4 Å². The van der Waals surface area contributed by atoms with E-state index in [2.05, 4.69) is 10.6 Å². The fraction of sp³-hybridized carbons (Fsp3) is 0.160. The minimum Gasteiger partial charge on any atom is -0.481 e. The van der Waals surface area contributed by atoms with Gasteiger partial charge in [-0.1, -0.05) is 36.4 Å². The van der Waals surface area contributed by atoms with Gasteiger partial charge in [-0.2, -0.15) is 0 Å². The lowest BCUT2D eigenvalue weighted by Gasteiger charge is -2.19. The number of carbonyl (C=O) groups excluding carboxylic acids is 3. The van der Waals surface area contributed by atoms with Gasteiger partial charge in [0.1, 0.15) is 23.3 Å². The SMILES string of the molecule is CC(Oc1ccccc1)C(=O)NC[C@H](NC(=O)c1ccc(Oc2ccccc2)cc1)C(=O)NO. The Balaban J connectivity index is 1.56. The molecule has 0 saturated heterocycles. The summed E-state index contributed by atoms with van der Waals surface area (Å²) in [6, 6.07) is 23.1. The molecule has 0 aromatic heterocycles. The van der Waals surface area contributed by atoms with Crippen molar-refractivity contribution in [1.29, 1.82) is 0 Å². The fourth-order valence-electron chi connectivity index (χ4n) is 2.93. The highest BCUT2D eigenvalue weighted by Crippen LogP contribution is 2.21. The molecule has 9 nitrogen and oxygen atoms in total. The van der Waals surface area contributed by atoms with Crippen LogP contribution in [0.5, 0.6) is 17.2 Å². The van der Waals surface area contributed by atoms with E-state index in [1.54, 1.807) is 55.5 Å². The standard InChI is InChI=1S/C25H25N3O6/c1-17(33-19-8-4-2-5-9-19)23(29)26-16-22(25(31)28-32)27-24(30)18-12-14-21(15-13-18)34-20-10-6-3-7-11-20/h2-15,17,22,32H,16H2,1H3,(H,26,29)(H,27,30)(H,28,31)/t17?,22-/m0/s1. The lowest BCUT2D eigenvalue weighted by molar-refractivity contribution is -0.131. The zero-order valence-electron chi connectivity index (χ0n) is 18.4. The van der Waals surface area contributed by atoms with E-state index in [-0.39, 0.29) is 12.1 Å². The molecular weight excluding hydrogens is 438 g/mol. The Labute approximate surface area is 196 Å². The molecule has 3 rings (SSSR count). The number of nitrogens with one attached hydrogen (secondary N) is 3. The van der Waals surface area contributed by atoms with E-state index >= 15 is 0 Å². The first-order valence-corrected chi connectivity index (χ1v) is 10.5. The maximum Gasteiger partial charge on any atom is 0.267 e. The summed E-state index contributed by atoms with van der Waals surface area (Å²) in [5.41, 5.74) is 1.76. The van der Waals surface area contributed by atoms with Crippen molar-refractivity contribution in [2.24, 2.45) is 0 Å². The Morgan fingerprint density at radius 2 is 1.35 bits per heavy atom. The molecule has 0 aliphatic heterocycles. The minimum absolute atomic E-state index is 0.255. The molecule has 9 heteroatoms. The Morgan fingerprint density at radius 1 is 0.794 bits per heavy atom. The molecule has 0 heterocycles. The van der Waals surface area contributed by atoms with Crippen molar-refractivity contribution in [3.8, 4) is 17.2 Å². The Bertz CT molecular complexity index is 1090. The number of ether oxygens (including phenoxy) is 2. The highest BCUT2D eigenvalue weighted by molar-refractivity contribution is 5.97. The molecule has 0 aliphatic rings. The van der Waals surface area contributed by atoms with Crippen molar-refractivity contribution >= 4 is 17.7 Å². The lowest BCUT2D eigenvalue weighted by Crippen LogP contribution is -2.53. The highest BCUT2D eigenvalue weighted by Gasteiger charge is 2.23. The maximum atomic E-state index is 12.6. The monoisotopic (exact) mass is 463 g/mol. The Hall–Kier alpha value is -4.37. The fourth-order valence-corrected chi connectivity index (χ4v) is 2.93. The van der Waals surface area contributed by atoms with E-state index in [4.69, 9.17) is 14.7 Å². The van der Waals surface area contributed by atoms with Gasteiger partial charge in [0.2, 0.25) is 0 Å². The lowest BCUT2D eigenvalue weighted by atomic mass is 10.1. The second-order valence-electron chi connectivity index (χ2n) is 7.26. The number of amides is 3. The van der Waals surface area contributed by atoms with Gasteiger partial charge in [-0.15, -0.1) is 0 Å². The number of hydrogen-bond donors (Lipinski definition) is 4. The zero-order chi connectivity index (χ0) is 24.3. The molecule has 3 amide bonds. The smallest absolute Gasteiger partial charge is 0.267 e. The van der Waals surface area contributed by atoms with Gasteiger partial charge in [0.25, 0.3) is 17.7 Å². The molecule has 0 saturated carbocycles. The summed E-state index contributed by atoms with van der Waals surface area (Å²) >= 11 is 0. The van der Waals surface area contributed by atoms with Crippen LogP contribution >= 0.6 is 0 Å². The van der Waals surface area contributed by atoms with Gasteiger partial charge in [0.15, 0.2) is 6.10 Å². The molecule has 176 valence electrons. The number of hydrogen-bond acceptors (Lipinski definition) is 6. The molecule has 0 bridgehead atoms. The Morgan fingerprint density at radius 3 is 1.94 bits per heavy atom. The number of para-hydroxylation sites is 2. The molecule has 3 aromatic rings. The van der Waals surface area contributed by atoms with Crippen LogP contribution in [0.2, 0.25) is 0 Å². The Kier molecular flexibility index (Phi) is 8.59. The van der Waals surface area contributed by atoms with Gasteiger partial charge >= 0.3 is 0 Å². The zero-order valence-corrected chi connectivity index (χ0v) is 18.4. The molecular formula is C25H25N3O6. The average Bonchev–Trinajstić information content (AvgIpc) is 2.87. The van der Waals surface area contributed by atoms with Gasteiger partial charge < -0.3 is 20.1 Å². The number of hydroxylamine groups is 1. The van der Waals surface area contributed by atoms with Crippen LogP contribution in [0, 0.1) is 0 Å². The van der Waals surface area contributed by atoms with Crippen molar-refractivity contribution in [2.45, 2.75) is 19.1 Å². The molecule has 1 unspecified atom stereocenters. The summed E-state index contributed by atoms with van der Waals surface area (Å²) in [5, 5.41) is 14.1. The third kappa shape index (κ3) is 7.07. The second-order valence-corrected chi connectivity index (χ2v) is 7.26. The molecule has 0 fully saturated rings. The average molecular weight is 463 g/mol. The summed E-state index contributed by atoms with van der Waals surface area (Å²) in [7, 11) is 0. The van der Waals surface area contributed by atoms with Crippen LogP contribution in [-0.4, -0.2) is 41.6 Å². The van der Waals surface area contributed by atoms with Crippen LogP contribution in [0.1, 0.15) is 17.3 Å². The second kappa shape index (κ2) is 12.0. The summed E-state index contributed by atoms with van der Waals surface area (Å²) in [6.45, 7) is 1.30. The maximum absolute atomic E-state index is 12.6. The summed E-state index contributed by atoms with van der Waals surface area (Å²) < 4.78 is 11.2. The normalized spacial score (nSPS) is 12.1. The van der Waals surface area contributed by atoms with Crippen molar-refractivity contribution < 1.29 is 29.1 Å². The summed E-state index contributed by atoms with van der Waals surface area (Å²) in [5.74, 6) is -0.233. The van der Waals surface area contributed by atoms with Gasteiger partial charge in [0, 0.05) is 12.1 Å². The summed E-state index contributed by atoms with van der Waals surface area (Å²) in [4.78, 5) is 37.0. The number of carbonyl (C=O) groups is 3. The third-order valence-corrected chi connectivity index (χ3v) is 4.73. The molecule has 2 atom stereocenters. The van der Waals surface area contributed by atoms with E-state index in [0.717, 1.165) is 0 Å². The van der Waals surface area contributed by atoms with Gasteiger partial charge in [-0.3, -0.25) is 19.6 Å². The van der Waals surface area contributed by atoms with Crippen molar-refractivity contribution in [2.75, 3.05) is 6.54 Å². The first kappa shape index (κ1) is 24.3. The van der Waals surface area contributed by atoms with Crippen LogP contribution in [0.3, 0.4) is 0 Å². The topological polar surface area (TPSA) is 126 Å². The molecule has 0 radical (unpaired) electrons. The van der Waals surface area contributed by atoms with Crippen LogP contribution in [0.4, 0.5) is 0 Å². The third-order valence-electron chi connectivity index (χ3n) is 4.73. The first-order chi connectivity index (χ1) is 16.5. The highest BCUT2D eigenvalue weighted by atomic mass is 16.5. The molecule has 3 aromatic carbocycles. The molecule has 0 aliphatic carbocycles. The first-order valence-electron chi connectivity index (χ1n) is 10.5. The van der Waals surface area contributed by atoms with Crippen LogP contribution in [0.25, 0.3) is 0 Å². The van der Waals surface area contributed by atoms with E-state index in [0.29, 0.717) is 17.2 Å². The van der Waals surface area contributed by atoms with Crippen molar-refractivity contribution in [3.05, 3.63) is 90.5 Å². The van der Waals surface area contributed by atoms with E-state index in [1.807, 2.05) is 24.3 Å². The van der Waals surface area contributed by atoms with Crippen molar-refractivity contribution in [3.63, 3.8) is 0 Å². The largest absolute Gasteiger partial charge is 0.481 e. The van der Waals surface area contributed by atoms with E-state index in [1.165, 1.54) is 17.6 Å². The number of rotatable bonds is 10. The molecule has 34 heavy (non-hydrogen) atoms. The van der Waals surface area contributed by atoms with Gasteiger partial charge in [-0.05, 0) is 55.5 Å². The van der Waals surface area contributed by atoms with Gasteiger partial charge in [-0.25, -0.2) is 5.48 Å².